The summed E-state index contributed by atoms with van der Waals surface area (Å²) in [6.45, 7) is 5.86. The molecule has 5 aromatic rings. The van der Waals surface area contributed by atoms with E-state index in [2.05, 4.69) is 56.3 Å². The van der Waals surface area contributed by atoms with Gasteiger partial charge in [0.15, 0.2) is 0 Å². The third-order valence-corrected chi connectivity index (χ3v) is 7.35. The molecule has 2 aromatic heterocycles. The van der Waals surface area contributed by atoms with Crippen LogP contribution in [0.3, 0.4) is 0 Å². The average Bonchev–Trinajstić information content (AvgIpc) is 3.49. The molecule has 1 aliphatic rings. The number of fused-ring (bicyclic) bond motifs is 3. The minimum absolute atomic E-state index is 0.165. The summed E-state index contributed by atoms with van der Waals surface area (Å²) in [7, 11) is 0. The Hall–Kier alpha value is -3.49. The zero-order valence-corrected chi connectivity index (χ0v) is 21.6. The summed E-state index contributed by atoms with van der Waals surface area (Å²) in [4.78, 5) is 17.3. The van der Waals surface area contributed by atoms with Crippen LogP contribution in [0.25, 0.3) is 27.6 Å². The second-order valence-electron chi connectivity index (χ2n) is 9.35. The van der Waals surface area contributed by atoms with Crippen LogP contribution in [0.5, 0.6) is 0 Å². The smallest absolute Gasteiger partial charge is 0.227 e. The third kappa shape index (κ3) is 4.54. The summed E-state index contributed by atoms with van der Waals surface area (Å²) >= 11 is 3.51. The van der Waals surface area contributed by atoms with Crippen molar-refractivity contribution in [1.82, 2.24) is 24.8 Å². The third-order valence-electron chi connectivity index (χ3n) is 6.85. The fourth-order valence-electron chi connectivity index (χ4n) is 4.92. The molecule has 1 aliphatic heterocycles. The van der Waals surface area contributed by atoms with Gasteiger partial charge in [-0.3, -0.25) is 9.69 Å². The number of carbonyl (C=O) groups is 1. The Morgan fingerprint density at radius 1 is 0.972 bits per heavy atom. The fraction of sp³-hybridized carbons (Fsp3) is 0.250. The Morgan fingerprint density at radius 2 is 1.78 bits per heavy atom. The van der Waals surface area contributed by atoms with Gasteiger partial charge in [-0.2, -0.15) is 0 Å². The summed E-state index contributed by atoms with van der Waals surface area (Å²) in [6, 6.07) is 20.2. The molecular weight excluding hydrogens is 518 g/mol. The lowest BCUT2D eigenvalue weighted by Gasteiger charge is -2.34. The number of carbonyl (C=O) groups excluding carboxylic acids is 1. The number of amides is 1. The molecule has 0 atom stereocenters. The zero-order chi connectivity index (χ0) is 24.6. The van der Waals surface area contributed by atoms with E-state index < -0.39 is 0 Å². The van der Waals surface area contributed by atoms with Crippen LogP contribution in [-0.4, -0.2) is 56.9 Å². The van der Waals surface area contributed by atoms with Gasteiger partial charge in [0.25, 0.3) is 0 Å². The number of aryl methyl sites for hydroxylation is 1. The first-order valence-electron chi connectivity index (χ1n) is 12.1. The van der Waals surface area contributed by atoms with E-state index in [0.717, 1.165) is 81.6 Å². The van der Waals surface area contributed by atoms with E-state index in [1.165, 1.54) is 0 Å². The number of piperazine rings is 1. The van der Waals surface area contributed by atoms with Gasteiger partial charge < -0.3 is 9.32 Å². The van der Waals surface area contributed by atoms with Crippen LogP contribution in [-0.2, 0) is 17.8 Å². The van der Waals surface area contributed by atoms with Crippen LogP contribution in [0.2, 0.25) is 0 Å². The standard InChI is InChI=1S/C28H26BrN5O2/c1-19-14-21(29)7-8-25(19)34-18-22(30-31-34)17-32-10-12-33(13-11-32)28(35)16-20-6-9-27-24(15-20)23-4-2-3-5-26(23)36-27/h2-9,14-15,18H,10-13,16-17H2,1H3. The van der Waals surface area contributed by atoms with Crippen LogP contribution < -0.4 is 0 Å². The molecule has 0 aliphatic carbocycles. The lowest BCUT2D eigenvalue weighted by Crippen LogP contribution is -2.48. The molecule has 182 valence electrons. The summed E-state index contributed by atoms with van der Waals surface area (Å²) < 4.78 is 8.79. The highest BCUT2D eigenvalue weighted by molar-refractivity contribution is 9.10. The van der Waals surface area contributed by atoms with Gasteiger partial charge >= 0.3 is 0 Å². The molecule has 0 N–H and O–H groups in total. The highest BCUT2D eigenvalue weighted by atomic mass is 79.9. The number of hydrogen-bond acceptors (Lipinski definition) is 5. The summed E-state index contributed by atoms with van der Waals surface area (Å²) in [6.07, 6.45) is 2.39. The van der Waals surface area contributed by atoms with E-state index in [1.807, 2.05) is 58.2 Å². The van der Waals surface area contributed by atoms with Crippen LogP contribution in [0.4, 0.5) is 0 Å². The van der Waals surface area contributed by atoms with E-state index in [4.69, 9.17) is 4.42 Å². The van der Waals surface area contributed by atoms with Crippen molar-refractivity contribution in [2.24, 2.45) is 0 Å². The van der Waals surface area contributed by atoms with Crippen LogP contribution in [0, 0.1) is 6.92 Å². The molecule has 0 saturated carbocycles. The number of para-hydroxylation sites is 1. The lowest BCUT2D eigenvalue weighted by atomic mass is 10.1. The largest absolute Gasteiger partial charge is 0.456 e. The van der Waals surface area contributed by atoms with E-state index in [0.29, 0.717) is 6.42 Å². The SMILES string of the molecule is Cc1cc(Br)ccc1-n1cc(CN2CCN(C(=O)Cc3ccc4oc5ccccc5c4c3)CC2)nn1. The van der Waals surface area contributed by atoms with E-state index >= 15 is 0 Å². The molecule has 6 rings (SSSR count). The van der Waals surface area contributed by atoms with Gasteiger partial charge in [-0.1, -0.05) is 45.4 Å². The fourth-order valence-corrected chi connectivity index (χ4v) is 5.39. The zero-order valence-electron chi connectivity index (χ0n) is 20.0. The average molecular weight is 544 g/mol. The van der Waals surface area contributed by atoms with Gasteiger partial charge in [-0.25, -0.2) is 4.68 Å². The van der Waals surface area contributed by atoms with Gasteiger partial charge in [0.05, 0.1) is 24.0 Å². The van der Waals surface area contributed by atoms with Gasteiger partial charge in [-0.05, 0) is 54.4 Å². The molecule has 1 amide bonds. The molecular formula is C28H26BrN5O2. The van der Waals surface area contributed by atoms with Crippen molar-refractivity contribution in [3.8, 4) is 5.69 Å². The molecule has 1 saturated heterocycles. The maximum atomic E-state index is 13.0. The first-order chi connectivity index (χ1) is 17.5. The Morgan fingerprint density at radius 3 is 2.61 bits per heavy atom. The molecule has 7 nitrogen and oxygen atoms in total. The molecule has 0 bridgehead atoms. The van der Waals surface area contributed by atoms with Crippen molar-refractivity contribution >= 4 is 43.8 Å². The maximum absolute atomic E-state index is 13.0. The van der Waals surface area contributed by atoms with Crippen molar-refractivity contribution in [3.05, 3.63) is 88.2 Å². The van der Waals surface area contributed by atoms with Gasteiger partial charge in [-0.15, -0.1) is 5.10 Å². The molecule has 3 aromatic carbocycles. The molecule has 0 unspecified atom stereocenters. The summed E-state index contributed by atoms with van der Waals surface area (Å²) in [5.41, 5.74) is 5.83. The van der Waals surface area contributed by atoms with Gasteiger partial charge in [0, 0.05) is 48.0 Å². The number of halogens is 1. The molecule has 36 heavy (non-hydrogen) atoms. The van der Waals surface area contributed by atoms with Crippen molar-refractivity contribution in [2.75, 3.05) is 26.2 Å². The summed E-state index contributed by atoms with van der Waals surface area (Å²) in [5, 5.41) is 10.8. The summed E-state index contributed by atoms with van der Waals surface area (Å²) in [5.74, 6) is 0.165. The van der Waals surface area contributed by atoms with E-state index in [9.17, 15) is 4.79 Å². The maximum Gasteiger partial charge on any atom is 0.227 e. The number of nitrogens with zero attached hydrogens (tertiary/aromatic N) is 5. The predicted octanol–water partition coefficient (Wildman–Crippen LogP) is 5.12. The second-order valence-corrected chi connectivity index (χ2v) is 10.3. The first-order valence-corrected chi connectivity index (χ1v) is 12.9. The number of aromatic nitrogens is 3. The van der Waals surface area contributed by atoms with Crippen molar-refractivity contribution in [2.45, 2.75) is 19.9 Å². The van der Waals surface area contributed by atoms with Crippen molar-refractivity contribution < 1.29 is 9.21 Å². The number of furan rings is 1. The number of rotatable bonds is 5. The Bertz CT molecular complexity index is 1570. The molecule has 3 heterocycles. The minimum Gasteiger partial charge on any atom is -0.456 e. The topological polar surface area (TPSA) is 67.4 Å². The quantitative estimate of drug-likeness (QED) is 0.307. The molecule has 8 heteroatoms. The van der Waals surface area contributed by atoms with E-state index in [1.54, 1.807) is 0 Å². The van der Waals surface area contributed by atoms with Gasteiger partial charge in [0.1, 0.15) is 11.2 Å². The normalized spacial score (nSPS) is 14.7. The lowest BCUT2D eigenvalue weighted by molar-refractivity contribution is -0.132. The van der Waals surface area contributed by atoms with Gasteiger partial charge in [0.2, 0.25) is 5.91 Å². The Kier molecular flexibility index (Phi) is 6.07. The second kappa shape index (κ2) is 9.52. The van der Waals surface area contributed by atoms with Crippen LogP contribution >= 0.6 is 15.9 Å². The van der Waals surface area contributed by atoms with E-state index in [-0.39, 0.29) is 5.91 Å². The molecule has 0 spiro atoms. The monoisotopic (exact) mass is 543 g/mol. The minimum atomic E-state index is 0.165. The van der Waals surface area contributed by atoms with Crippen molar-refractivity contribution in [1.29, 1.82) is 0 Å². The Balaban J connectivity index is 1.06. The number of hydrogen-bond donors (Lipinski definition) is 0. The van der Waals surface area contributed by atoms with Crippen LogP contribution in [0.1, 0.15) is 16.8 Å². The van der Waals surface area contributed by atoms with Crippen molar-refractivity contribution in [3.63, 3.8) is 0 Å². The van der Waals surface area contributed by atoms with Crippen LogP contribution in [0.15, 0.2) is 75.8 Å². The highest BCUT2D eigenvalue weighted by Gasteiger charge is 2.22. The number of benzene rings is 3. The molecule has 1 fully saturated rings. The molecule has 0 radical (unpaired) electrons. The first kappa shape index (κ1) is 22.9. The predicted molar refractivity (Wildman–Crippen MR) is 143 cm³/mol. The highest BCUT2D eigenvalue weighted by Crippen LogP contribution is 2.29. The Labute approximate surface area is 217 Å².